The minimum absolute atomic E-state index is 0.0140. The van der Waals surface area contributed by atoms with E-state index in [1.54, 1.807) is 25.3 Å². The van der Waals surface area contributed by atoms with Gasteiger partial charge in [-0.15, -0.1) is 0 Å². The van der Waals surface area contributed by atoms with Crippen LogP contribution >= 0.6 is 0 Å². The molecule has 1 aromatic heterocycles. The second kappa shape index (κ2) is 6.55. The summed E-state index contributed by atoms with van der Waals surface area (Å²) in [7, 11) is 0. The summed E-state index contributed by atoms with van der Waals surface area (Å²) in [5.74, 6) is 0.330. The summed E-state index contributed by atoms with van der Waals surface area (Å²) in [6.45, 7) is 1.72. The van der Waals surface area contributed by atoms with Crippen molar-refractivity contribution >= 4 is 11.8 Å². The fourth-order valence-corrected chi connectivity index (χ4v) is 2.66. The number of hydrogen-bond donors (Lipinski definition) is 1. The van der Waals surface area contributed by atoms with E-state index in [0.717, 1.165) is 12.8 Å². The Labute approximate surface area is 114 Å². The first kappa shape index (κ1) is 13.8. The zero-order valence-corrected chi connectivity index (χ0v) is 11.4. The van der Waals surface area contributed by atoms with Crippen molar-refractivity contribution in [3.8, 4) is 0 Å². The topological polar surface area (TPSA) is 51.1 Å². The number of carbonyl (C=O) groups excluding carboxylic acids is 2. The molecule has 0 aromatic carbocycles. The van der Waals surface area contributed by atoms with Crippen molar-refractivity contribution in [2.75, 3.05) is 0 Å². The molecule has 1 aromatic rings. The van der Waals surface area contributed by atoms with Crippen molar-refractivity contribution in [3.05, 3.63) is 24.5 Å². The van der Waals surface area contributed by atoms with Gasteiger partial charge in [-0.05, 0) is 37.8 Å². The predicted molar refractivity (Wildman–Crippen MR) is 72.7 cm³/mol. The Hall–Kier alpha value is -1.58. The number of carbonyl (C=O) groups is 2. The highest BCUT2D eigenvalue weighted by Gasteiger charge is 2.20. The molecule has 1 saturated carbocycles. The highest BCUT2D eigenvalue weighted by Crippen LogP contribution is 2.26. The lowest BCUT2D eigenvalue weighted by molar-refractivity contribution is -0.122. The molecule has 19 heavy (non-hydrogen) atoms. The van der Waals surface area contributed by atoms with Crippen molar-refractivity contribution < 1.29 is 9.59 Å². The van der Waals surface area contributed by atoms with E-state index in [1.807, 2.05) is 0 Å². The van der Waals surface area contributed by atoms with Gasteiger partial charge in [0, 0.05) is 12.6 Å². The molecule has 1 fully saturated rings. The van der Waals surface area contributed by atoms with Gasteiger partial charge in [0.25, 0.3) is 5.91 Å². The molecule has 1 atom stereocenters. The largest absolute Gasteiger partial charge is 0.345 e. The van der Waals surface area contributed by atoms with Crippen molar-refractivity contribution in [3.63, 3.8) is 0 Å². The Morgan fingerprint density at radius 1 is 1.37 bits per heavy atom. The molecule has 1 amide bonds. The van der Waals surface area contributed by atoms with Crippen molar-refractivity contribution in [2.45, 2.75) is 51.5 Å². The lowest BCUT2D eigenvalue weighted by Crippen LogP contribution is -2.41. The molecule has 1 aliphatic carbocycles. The van der Waals surface area contributed by atoms with Gasteiger partial charge in [0.2, 0.25) is 5.91 Å². The Kier molecular flexibility index (Phi) is 4.77. The van der Waals surface area contributed by atoms with Crippen molar-refractivity contribution in [1.29, 1.82) is 0 Å². The van der Waals surface area contributed by atoms with Crippen LogP contribution in [0.15, 0.2) is 18.3 Å². The molecule has 4 heteroatoms. The average Bonchev–Trinajstić information content (AvgIpc) is 2.92. The van der Waals surface area contributed by atoms with E-state index in [1.165, 1.54) is 23.8 Å². The Bertz CT molecular complexity index is 419. The minimum atomic E-state index is -0.500. The SMILES string of the molecule is CC(NC(=O)CC1CCCCC1)C(=O)n1[c]ccc1. The van der Waals surface area contributed by atoms with Gasteiger partial charge in [-0.25, -0.2) is 0 Å². The first-order valence-corrected chi connectivity index (χ1v) is 7.05. The van der Waals surface area contributed by atoms with E-state index in [2.05, 4.69) is 11.5 Å². The zero-order chi connectivity index (χ0) is 13.7. The summed E-state index contributed by atoms with van der Waals surface area (Å²) < 4.78 is 1.38. The van der Waals surface area contributed by atoms with Crippen LogP contribution in [0.5, 0.6) is 0 Å². The molecule has 2 rings (SSSR count). The minimum Gasteiger partial charge on any atom is -0.345 e. The number of rotatable bonds is 4. The summed E-state index contributed by atoms with van der Waals surface area (Å²) in [6.07, 6.45) is 11.0. The molecule has 103 valence electrons. The molecule has 0 spiro atoms. The maximum absolute atomic E-state index is 12.0. The van der Waals surface area contributed by atoms with Crippen LogP contribution < -0.4 is 5.32 Å². The molecular formula is C15H21N2O2. The molecule has 0 aliphatic heterocycles. The summed E-state index contributed by atoms with van der Waals surface area (Å²) in [5.41, 5.74) is 0. The molecule has 0 bridgehead atoms. The molecule has 1 unspecified atom stereocenters. The van der Waals surface area contributed by atoms with Crippen LogP contribution in [0, 0.1) is 12.1 Å². The Balaban J connectivity index is 1.79. The van der Waals surface area contributed by atoms with Crippen LogP contribution in [-0.4, -0.2) is 22.4 Å². The molecule has 1 heterocycles. The lowest BCUT2D eigenvalue weighted by Gasteiger charge is -2.21. The quantitative estimate of drug-likeness (QED) is 0.904. The van der Waals surface area contributed by atoms with Gasteiger partial charge < -0.3 is 5.32 Å². The Morgan fingerprint density at radius 3 is 2.74 bits per heavy atom. The number of nitrogens with zero attached hydrogens (tertiary/aromatic N) is 1. The Morgan fingerprint density at radius 2 is 2.11 bits per heavy atom. The van der Waals surface area contributed by atoms with Gasteiger partial charge in [-0.1, -0.05) is 19.3 Å². The maximum atomic E-state index is 12.0. The standard InChI is InChI=1S/C15H21N2O2/c1-12(15(19)17-9-5-6-10-17)16-14(18)11-13-7-3-2-4-8-13/h5-6,9,12-13H,2-4,7-8,11H2,1H3,(H,16,18). The van der Waals surface area contributed by atoms with Crippen molar-refractivity contribution in [2.24, 2.45) is 5.92 Å². The fourth-order valence-electron chi connectivity index (χ4n) is 2.66. The first-order chi connectivity index (χ1) is 9.16. The number of hydrogen-bond acceptors (Lipinski definition) is 2. The van der Waals surface area contributed by atoms with E-state index < -0.39 is 6.04 Å². The van der Waals surface area contributed by atoms with E-state index in [0.29, 0.717) is 12.3 Å². The second-order valence-corrected chi connectivity index (χ2v) is 5.34. The van der Waals surface area contributed by atoms with Gasteiger partial charge in [0.1, 0.15) is 6.04 Å². The summed E-state index contributed by atoms with van der Waals surface area (Å²) in [6, 6.07) is 2.92. The third-order valence-electron chi connectivity index (χ3n) is 3.73. The summed E-state index contributed by atoms with van der Waals surface area (Å²) in [4.78, 5) is 23.9. The van der Waals surface area contributed by atoms with Crippen molar-refractivity contribution in [1.82, 2.24) is 9.88 Å². The second-order valence-electron chi connectivity index (χ2n) is 5.34. The van der Waals surface area contributed by atoms with E-state index >= 15 is 0 Å². The normalized spacial score (nSPS) is 17.9. The van der Waals surface area contributed by atoms with Gasteiger partial charge in [0.05, 0.1) is 6.20 Å². The van der Waals surface area contributed by atoms with E-state index in [-0.39, 0.29) is 11.8 Å². The van der Waals surface area contributed by atoms with Gasteiger partial charge >= 0.3 is 0 Å². The predicted octanol–water partition coefficient (Wildman–Crippen LogP) is 2.40. The molecule has 1 N–H and O–H groups in total. The lowest BCUT2D eigenvalue weighted by atomic mass is 9.87. The molecular weight excluding hydrogens is 240 g/mol. The molecule has 1 aliphatic rings. The fraction of sp³-hybridized carbons (Fsp3) is 0.600. The van der Waals surface area contributed by atoms with Crippen LogP contribution in [0.2, 0.25) is 0 Å². The highest BCUT2D eigenvalue weighted by molar-refractivity contribution is 5.88. The van der Waals surface area contributed by atoms with Gasteiger partial charge in [-0.2, -0.15) is 0 Å². The first-order valence-electron chi connectivity index (χ1n) is 7.05. The summed E-state index contributed by atoms with van der Waals surface area (Å²) >= 11 is 0. The van der Waals surface area contributed by atoms with Gasteiger partial charge in [0.15, 0.2) is 0 Å². The van der Waals surface area contributed by atoms with Crippen LogP contribution in [0.1, 0.15) is 50.2 Å². The number of amides is 1. The highest BCUT2D eigenvalue weighted by atomic mass is 16.2. The van der Waals surface area contributed by atoms with Gasteiger partial charge in [-0.3, -0.25) is 14.2 Å². The zero-order valence-electron chi connectivity index (χ0n) is 11.4. The molecule has 1 radical (unpaired) electrons. The molecule has 4 nitrogen and oxygen atoms in total. The number of nitrogens with one attached hydrogen (secondary N) is 1. The maximum Gasteiger partial charge on any atom is 0.253 e. The third-order valence-corrected chi connectivity index (χ3v) is 3.73. The van der Waals surface area contributed by atoms with Crippen LogP contribution in [0.4, 0.5) is 0 Å². The van der Waals surface area contributed by atoms with Crippen LogP contribution in [0.3, 0.4) is 0 Å². The molecule has 0 saturated heterocycles. The third kappa shape index (κ3) is 3.94. The van der Waals surface area contributed by atoms with Crippen LogP contribution in [0.25, 0.3) is 0 Å². The van der Waals surface area contributed by atoms with Crippen LogP contribution in [-0.2, 0) is 4.79 Å². The smallest absolute Gasteiger partial charge is 0.253 e. The summed E-state index contributed by atoms with van der Waals surface area (Å²) in [5, 5.41) is 2.79. The monoisotopic (exact) mass is 261 g/mol. The van der Waals surface area contributed by atoms with E-state index in [9.17, 15) is 9.59 Å². The van der Waals surface area contributed by atoms with E-state index in [4.69, 9.17) is 0 Å². The average molecular weight is 261 g/mol. The number of aromatic nitrogens is 1.